The van der Waals surface area contributed by atoms with E-state index in [0.29, 0.717) is 45.0 Å². The van der Waals surface area contributed by atoms with E-state index in [1.54, 1.807) is 6.20 Å². The smallest absolute Gasteiger partial charge is 0.299 e. The van der Waals surface area contributed by atoms with Gasteiger partial charge >= 0.3 is 0 Å². The molecule has 0 fully saturated rings. The van der Waals surface area contributed by atoms with Gasteiger partial charge in [0.05, 0.1) is 0 Å². The Morgan fingerprint density at radius 3 is 2.38 bits per heavy atom. The van der Waals surface area contributed by atoms with Crippen LogP contribution in [-0.2, 0) is 4.79 Å². The largest absolute Gasteiger partial charge is 0.422 e. The standard InChI is InChI=1S/C33H42N4O2Si/c1-22(2)26-14-11-15-27(23(3)4)31(26)35-30(38)18-8-7-9-20-37(21-40-29-17-10-13-24(5)25(29)6)33-36-32-28(39-33)16-12-19-34-32/h10-17,19,22-23H,7-9,18,20-21H2,1-6H3,(H,35,38). The van der Waals surface area contributed by atoms with E-state index in [0.717, 1.165) is 37.7 Å². The highest BCUT2D eigenvalue weighted by Gasteiger charge is 2.18. The number of para-hydroxylation sites is 1. The number of oxazole rings is 1. The Morgan fingerprint density at radius 2 is 1.68 bits per heavy atom. The molecule has 2 heterocycles. The van der Waals surface area contributed by atoms with E-state index in [1.807, 2.05) is 12.1 Å². The quantitative estimate of drug-likeness (QED) is 0.141. The topological polar surface area (TPSA) is 71.3 Å². The van der Waals surface area contributed by atoms with Crippen molar-refractivity contribution in [3.63, 3.8) is 0 Å². The van der Waals surface area contributed by atoms with Crippen molar-refractivity contribution >= 4 is 43.5 Å². The summed E-state index contributed by atoms with van der Waals surface area (Å²) in [5.41, 5.74) is 7.41. The number of carbonyl (C=O) groups excluding carboxylic acids is 1. The van der Waals surface area contributed by atoms with Crippen molar-refractivity contribution in [1.82, 2.24) is 9.97 Å². The summed E-state index contributed by atoms with van der Waals surface area (Å²) in [7, 11) is 0.619. The number of hydrogen-bond donors (Lipinski definition) is 1. The molecule has 0 bridgehead atoms. The average molecular weight is 555 g/mol. The lowest BCUT2D eigenvalue weighted by Gasteiger charge is -2.21. The van der Waals surface area contributed by atoms with E-state index in [4.69, 9.17) is 4.42 Å². The predicted octanol–water partition coefficient (Wildman–Crippen LogP) is 7.08. The number of nitrogens with zero attached hydrogens (tertiary/aromatic N) is 3. The maximum absolute atomic E-state index is 12.9. The number of benzene rings is 2. The second-order valence-electron chi connectivity index (χ2n) is 11.1. The SMILES string of the molecule is Cc1cccc([Si]CN(CCCCCC(=O)Nc2c(C(C)C)cccc2C(C)C)c2nc3ncccc3o2)c1C. The van der Waals surface area contributed by atoms with Crippen LogP contribution in [0.1, 0.15) is 87.5 Å². The molecule has 0 aliphatic rings. The van der Waals surface area contributed by atoms with Gasteiger partial charge in [0.2, 0.25) is 11.6 Å². The zero-order valence-electron chi connectivity index (χ0n) is 24.8. The molecule has 0 atom stereocenters. The Kier molecular flexibility index (Phi) is 10.2. The average Bonchev–Trinajstić information content (AvgIpc) is 3.36. The van der Waals surface area contributed by atoms with Crippen molar-refractivity contribution in [3.05, 3.63) is 77.0 Å². The molecule has 1 amide bonds. The van der Waals surface area contributed by atoms with Crippen LogP contribution >= 0.6 is 0 Å². The molecule has 210 valence electrons. The van der Waals surface area contributed by atoms with Crippen LogP contribution in [0.2, 0.25) is 0 Å². The minimum atomic E-state index is 0.0910. The lowest BCUT2D eigenvalue weighted by Crippen LogP contribution is -2.35. The second kappa shape index (κ2) is 13.7. The molecule has 0 spiro atoms. The molecule has 4 aromatic rings. The number of aromatic nitrogens is 2. The van der Waals surface area contributed by atoms with Gasteiger partial charge in [-0.15, -0.1) is 0 Å². The molecule has 2 radical (unpaired) electrons. The number of rotatable bonds is 13. The summed E-state index contributed by atoms with van der Waals surface area (Å²) in [5, 5.41) is 4.62. The molecule has 0 aliphatic heterocycles. The molecule has 2 aromatic heterocycles. The maximum atomic E-state index is 12.9. The molecule has 0 unspecified atom stereocenters. The van der Waals surface area contributed by atoms with Gasteiger partial charge in [-0.25, -0.2) is 4.98 Å². The summed E-state index contributed by atoms with van der Waals surface area (Å²) in [5.74, 6) is 0.797. The minimum Gasteiger partial charge on any atom is -0.422 e. The molecule has 0 saturated heterocycles. The molecule has 6 nitrogen and oxygen atoms in total. The number of pyridine rings is 1. The molecule has 0 saturated carbocycles. The summed E-state index contributed by atoms with van der Waals surface area (Å²) < 4.78 is 6.09. The van der Waals surface area contributed by atoms with Crippen LogP contribution in [0.25, 0.3) is 11.2 Å². The summed E-state index contributed by atoms with van der Waals surface area (Å²) in [6, 6.07) is 17.3. The number of carbonyl (C=O) groups is 1. The van der Waals surface area contributed by atoms with Gasteiger partial charge in [-0.2, -0.15) is 4.98 Å². The molecule has 2 aromatic carbocycles. The van der Waals surface area contributed by atoms with E-state index >= 15 is 0 Å². The lowest BCUT2D eigenvalue weighted by molar-refractivity contribution is -0.116. The third kappa shape index (κ3) is 7.39. The Morgan fingerprint density at radius 1 is 0.950 bits per heavy atom. The van der Waals surface area contributed by atoms with E-state index in [1.165, 1.54) is 27.4 Å². The highest BCUT2D eigenvalue weighted by atomic mass is 28.2. The lowest BCUT2D eigenvalue weighted by atomic mass is 9.92. The number of hydrogen-bond acceptors (Lipinski definition) is 5. The second-order valence-corrected chi connectivity index (χ2v) is 12.4. The number of fused-ring (bicyclic) bond motifs is 1. The Labute approximate surface area is 241 Å². The third-order valence-electron chi connectivity index (χ3n) is 7.46. The first kappa shape index (κ1) is 29.5. The van der Waals surface area contributed by atoms with Crippen LogP contribution in [0.3, 0.4) is 0 Å². The Balaban J connectivity index is 1.35. The van der Waals surface area contributed by atoms with Crippen LogP contribution in [0.15, 0.2) is 59.1 Å². The van der Waals surface area contributed by atoms with Crippen LogP contribution in [0.5, 0.6) is 0 Å². The van der Waals surface area contributed by atoms with E-state index in [-0.39, 0.29) is 5.91 Å². The van der Waals surface area contributed by atoms with Gasteiger partial charge < -0.3 is 14.6 Å². The van der Waals surface area contributed by atoms with E-state index < -0.39 is 0 Å². The van der Waals surface area contributed by atoms with Crippen LogP contribution in [-0.4, -0.2) is 38.1 Å². The maximum Gasteiger partial charge on any atom is 0.299 e. The molecule has 1 N–H and O–H groups in total. The number of aryl methyl sites for hydroxylation is 1. The van der Waals surface area contributed by atoms with Crippen LogP contribution in [0.4, 0.5) is 11.7 Å². The molecular weight excluding hydrogens is 512 g/mol. The molecule has 0 aliphatic carbocycles. The zero-order valence-corrected chi connectivity index (χ0v) is 25.8. The first-order chi connectivity index (χ1) is 19.2. The number of amides is 1. The summed E-state index contributed by atoms with van der Waals surface area (Å²) in [6.45, 7) is 13.9. The van der Waals surface area contributed by atoms with Gasteiger partial charge in [-0.1, -0.05) is 75.7 Å². The van der Waals surface area contributed by atoms with Crippen molar-refractivity contribution in [3.8, 4) is 0 Å². The molecule has 40 heavy (non-hydrogen) atoms. The fraction of sp³-hybridized carbons (Fsp3) is 0.424. The number of unbranched alkanes of at least 4 members (excludes halogenated alkanes) is 2. The van der Waals surface area contributed by atoms with Crippen LogP contribution < -0.4 is 15.4 Å². The Hall–Kier alpha value is -3.45. The fourth-order valence-corrected chi connectivity index (χ4v) is 6.25. The van der Waals surface area contributed by atoms with Crippen molar-refractivity contribution in [1.29, 1.82) is 0 Å². The summed E-state index contributed by atoms with van der Waals surface area (Å²) in [6.07, 6.45) is 5.84. The van der Waals surface area contributed by atoms with E-state index in [2.05, 4.69) is 98.1 Å². The first-order valence-corrected chi connectivity index (χ1v) is 15.6. The molecular formula is C33H42N4O2Si. The van der Waals surface area contributed by atoms with Crippen molar-refractivity contribution < 1.29 is 9.21 Å². The normalized spacial score (nSPS) is 11.5. The molecule has 7 heteroatoms. The number of anilines is 2. The van der Waals surface area contributed by atoms with Gasteiger partial charge in [0.1, 0.15) is 9.52 Å². The van der Waals surface area contributed by atoms with Gasteiger partial charge in [-0.05, 0) is 72.9 Å². The van der Waals surface area contributed by atoms with Gasteiger partial charge in [0.25, 0.3) is 6.01 Å². The predicted molar refractivity (Wildman–Crippen MR) is 167 cm³/mol. The summed E-state index contributed by atoms with van der Waals surface area (Å²) in [4.78, 5) is 24.2. The van der Waals surface area contributed by atoms with Gasteiger partial charge in [0, 0.05) is 31.0 Å². The van der Waals surface area contributed by atoms with Gasteiger partial charge in [-0.3, -0.25) is 4.79 Å². The first-order valence-electron chi connectivity index (χ1n) is 14.4. The van der Waals surface area contributed by atoms with Crippen molar-refractivity contribution in [2.45, 2.75) is 79.1 Å². The zero-order chi connectivity index (χ0) is 28.6. The fourth-order valence-electron chi connectivity index (χ4n) is 4.92. The molecule has 4 rings (SSSR count). The third-order valence-corrected chi connectivity index (χ3v) is 8.92. The minimum absolute atomic E-state index is 0.0910. The van der Waals surface area contributed by atoms with Crippen LogP contribution in [0, 0.1) is 13.8 Å². The van der Waals surface area contributed by atoms with Gasteiger partial charge in [0.15, 0.2) is 5.58 Å². The van der Waals surface area contributed by atoms with Crippen molar-refractivity contribution in [2.24, 2.45) is 0 Å². The summed E-state index contributed by atoms with van der Waals surface area (Å²) >= 11 is 0. The highest BCUT2D eigenvalue weighted by molar-refractivity contribution is 6.54. The van der Waals surface area contributed by atoms with E-state index in [9.17, 15) is 4.79 Å². The Bertz CT molecular complexity index is 1370. The van der Waals surface area contributed by atoms with Crippen molar-refractivity contribution in [2.75, 3.05) is 22.9 Å². The monoisotopic (exact) mass is 554 g/mol. The number of nitrogens with one attached hydrogen (secondary N) is 1. The highest BCUT2D eigenvalue weighted by Crippen LogP contribution is 2.32.